The lowest BCUT2D eigenvalue weighted by Crippen LogP contribution is -2.36. The van der Waals surface area contributed by atoms with Gasteiger partial charge >= 0.3 is 0 Å². The lowest BCUT2D eigenvalue weighted by Gasteiger charge is -2.28. The summed E-state index contributed by atoms with van der Waals surface area (Å²) in [4.78, 5) is 23.4. The first-order valence-electron chi connectivity index (χ1n) is 9.36. The van der Waals surface area contributed by atoms with Gasteiger partial charge in [0.05, 0.1) is 18.9 Å². The predicted octanol–water partition coefficient (Wildman–Crippen LogP) is 2.91. The standard InChI is InChI=1S/C22H22N4O2/c27-22(18-3-5-20(6-4-18)26-12-14-28-15-13-26)25-16-19-2-1-9-24-21(19)17-7-10-23-11-8-17/h1-11H,12-16H2,(H,25,27). The highest BCUT2D eigenvalue weighted by Gasteiger charge is 2.13. The second-order valence-corrected chi connectivity index (χ2v) is 6.58. The second kappa shape index (κ2) is 8.63. The molecule has 3 heterocycles. The van der Waals surface area contributed by atoms with Crippen LogP contribution in [0, 0.1) is 0 Å². The molecule has 0 bridgehead atoms. The third kappa shape index (κ3) is 4.18. The molecule has 0 spiro atoms. The van der Waals surface area contributed by atoms with Crippen LogP contribution in [0.25, 0.3) is 11.3 Å². The first-order chi connectivity index (χ1) is 13.8. The molecule has 1 aliphatic heterocycles. The van der Waals surface area contributed by atoms with Crippen LogP contribution in [-0.2, 0) is 11.3 Å². The minimum Gasteiger partial charge on any atom is -0.378 e. The fourth-order valence-electron chi connectivity index (χ4n) is 3.27. The van der Waals surface area contributed by atoms with Crippen molar-refractivity contribution < 1.29 is 9.53 Å². The Morgan fingerprint density at radius 3 is 2.50 bits per heavy atom. The van der Waals surface area contributed by atoms with Gasteiger partial charge in [0.15, 0.2) is 0 Å². The van der Waals surface area contributed by atoms with Crippen LogP contribution in [0.15, 0.2) is 67.1 Å². The van der Waals surface area contributed by atoms with E-state index in [0.717, 1.165) is 48.8 Å². The first-order valence-corrected chi connectivity index (χ1v) is 9.36. The summed E-state index contributed by atoms with van der Waals surface area (Å²) in [7, 11) is 0. The largest absolute Gasteiger partial charge is 0.378 e. The van der Waals surface area contributed by atoms with Crippen molar-refractivity contribution in [2.45, 2.75) is 6.54 Å². The van der Waals surface area contributed by atoms with Crippen LogP contribution < -0.4 is 10.2 Å². The van der Waals surface area contributed by atoms with E-state index in [1.165, 1.54) is 0 Å². The Hall–Kier alpha value is -3.25. The summed E-state index contributed by atoms with van der Waals surface area (Å²) in [5.41, 5.74) is 4.56. The fraction of sp³-hybridized carbons (Fsp3) is 0.227. The zero-order valence-electron chi connectivity index (χ0n) is 15.5. The molecule has 1 aromatic carbocycles. The van der Waals surface area contributed by atoms with Crippen molar-refractivity contribution in [1.82, 2.24) is 15.3 Å². The number of rotatable bonds is 5. The molecule has 6 heteroatoms. The van der Waals surface area contributed by atoms with E-state index in [2.05, 4.69) is 20.2 Å². The Bertz CT molecular complexity index is 923. The van der Waals surface area contributed by atoms with E-state index >= 15 is 0 Å². The van der Waals surface area contributed by atoms with Gasteiger partial charge in [-0.25, -0.2) is 0 Å². The lowest BCUT2D eigenvalue weighted by atomic mass is 10.1. The fourth-order valence-corrected chi connectivity index (χ4v) is 3.27. The van der Waals surface area contributed by atoms with Crippen LogP contribution in [0.4, 0.5) is 5.69 Å². The molecule has 28 heavy (non-hydrogen) atoms. The van der Waals surface area contributed by atoms with E-state index in [0.29, 0.717) is 12.1 Å². The molecule has 6 nitrogen and oxygen atoms in total. The number of benzene rings is 1. The number of hydrogen-bond donors (Lipinski definition) is 1. The van der Waals surface area contributed by atoms with Gasteiger partial charge < -0.3 is 15.0 Å². The van der Waals surface area contributed by atoms with Gasteiger partial charge in [-0.15, -0.1) is 0 Å². The maximum atomic E-state index is 12.6. The number of aromatic nitrogens is 2. The van der Waals surface area contributed by atoms with E-state index in [1.54, 1.807) is 18.6 Å². The average Bonchev–Trinajstić information content (AvgIpc) is 2.79. The molecule has 1 N–H and O–H groups in total. The molecular weight excluding hydrogens is 352 g/mol. The normalized spacial score (nSPS) is 13.9. The van der Waals surface area contributed by atoms with Gasteiger partial charge in [-0.05, 0) is 48.0 Å². The van der Waals surface area contributed by atoms with Gasteiger partial charge in [0, 0.05) is 55.0 Å². The van der Waals surface area contributed by atoms with Crippen molar-refractivity contribution >= 4 is 11.6 Å². The third-order valence-electron chi connectivity index (χ3n) is 4.79. The summed E-state index contributed by atoms with van der Waals surface area (Å²) >= 11 is 0. The molecule has 1 amide bonds. The number of nitrogens with zero attached hydrogens (tertiary/aromatic N) is 3. The van der Waals surface area contributed by atoms with E-state index in [9.17, 15) is 4.79 Å². The van der Waals surface area contributed by atoms with Gasteiger partial charge in [0.25, 0.3) is 5.91 Å². The van der Waals surface area contributed by atoms with E-state index in [1.807, 2.05) is 48.5 Å². The molecule has 1 aliphatic rings. The minimum atomic E-state index is -0.0990. The molecule has 0 unspecified atom stereocenters. The number of morpholine rings is 1. The summed E-state index contributed by atoms with van der Waals surface area (Å²) in [6, 6.07) is 15.4. The van der Waals surface area contributed by atoms with Gasteiger partial charge in [-0.2, -0.15) is 0 Å². The monoisotopic (exact) mass is 374 g/mol. The van der Waals surface area contributed by atoms with E-state index < -0.39 is 0 Å². The van der Waals surface area contributed by atoms with Crippen molar-refractivity contribution in [3.8, 4) is 11.3 Å². The van der Waals surface area contributed by atoms with Gasteiger partial charge in [0.2, 0.25) is 0 Å². The number of nitrogens with one attached hydrogen (secondary N) is 1. The van der Waals surface area contributed by atoms with Crippen LogP contribution in [0.2, 0.25) is 0 Å². The highest BCUT2D eigenvalue weighted by atomic mass is 16.5. The average molecular weight is 374 g/mol. The zero-order chi connectivity index (χ0) is 19.2. The summed E-state index contributed by atoms with van der Waals surface area (Å²) in [6.07, 6.45) is 5.23. The number of anilines is 1. The molecule has 3 aromatic rings. The van der Waals surface area contributed by atoms with Crippen LogP contribution in [0.5, 0.6) is 0 Å². The minimum absolute atomic E-state index is 0.0990. The molecule has 2 aromatic heterocycles. The SMILES string of the molecule is O=C(NCc1cccnc1-c1ccncc1)c1ccc(N2CCOCC2)cc1. The quantitative estimate of drug-likeness (QED) is 0.744. The molecule has 0 radical (unpaired) electrons. The van der Waals surface area contributed by atoms with Crippen molar-refractivity contribution in [3.05, 3.63) is 78.2 Å². The van der Waals surface area contributed by atoms with Gasteiger partial charge in [0.1, 0.15) is 0 Å². The molecule has 1 fully saturated rings. The zero-order valence-corrected chi connectivity index (χ0v) is 15.5. The predicted molar refractivity (Wildman–Crippen MR) is 108 cm³/mol. The molecule has 1 saturated heterocycles. The van der Waals surface area contributed by atoms with E-state index in [4.69, 9.17) is 4.74 Å². The van der Waals surface area contributed by atoms with Crippen LogP contribution in [0.1, 0.15) is 15.9 Å². The van der Waals surface area contributed by atoms with Gasteiger partial charge in [-0.1, -0.05) is 6.07 Å². The number of pyridine rings is 2. The molecular formula is C22H22N4O2. The van der Waals surface area contributed by atoms with Crippen LogP contribution >= 0.6 is 0 Å². The summed E-state index contributed by atoms with van der Waals surface area (Å²) < 4.78 is 5.38. The maximum Gasteiger partial charge on any atom is 0.251 e. The Kier molecular flexibility index (Phi) is 5.58. The van der Waals surface area contributed by atoms with E-state index in [-0.39, 0.29) is 5.91 Å². The Labute approximate surface area is 164 Å². The highest BCUT2D eigenvalue weighted by Crippen LogP contribution is 2.20. The summed E-state index contributed by atoms with van der Waals surface area (Å²) in [5.74, 6) is -0.0990. The molecule has 0 aliphatic carbocycles. The van der Waals surface area contributed by atoms with Gasteiger partial charge in [-0.3, -0.25) is 14.8 Å². The summed E-state index contributed by atoms with van der Waals surface area (Å²) in [6.45, 7) is 3.66. The van der Waals surface area contributed by atoms with Crippen molar-refractivity contribution in [2.75, 3.05) is 31.2 Å². The number of hydrogen-bond acceptors (Lipinski definition) is 5. The Balaban J connectivity index is 1.42. The Morgan fingerprint density at radius 1 is 1.00 bits per heavy atom. The highest BCUT2D eigenvalue weighted by molar-refractivity contribution is 5.94. The first kappa shape index (κ1) is 18.1. The number of amides is 1. The third-order valence-corrected chi connectivity index (χ3v) is 4.79. The van der Waals surface area contributed by atoms with Crippen molar-refractivity contribution in [1.29, 1.82) is 0 Å². The van der Waals surface area contributed by atoms with Crippen molar-refractivity contribution in [2.24, 2.45) is 0 Å². The topological polar surface area (TPSA) is 67.4 Å². The number of ether oxygens (including phenoxy) is 1. The molecule has 0 atom stereocenters. The Morgan fingerprint density at radius 2 is 1.75 bits per heavy atom. The molecule has 142 valence electrons. The second-order valence-electron chi connectivity index (χ2n) is 6.58. The summed E-state index contributed by atoms with van der Waals surface area (Å²) in [5, 5.41) is 3.00. The smallest absolute Gasteiger partial charge is 0.251 e. The number of carbonyl (C=O) groups excluding carboxylic acids is 1. The van der Waals surface area contributed by atoms with Crippen molar-refractivity contribution in [3.63, 3.8) is 0 Å². The maximum absolute atomic E-state index is 12.6. The molecule has 0 saturated carbocycles. The number of carbonyl (C=O) groups is 1. The molecule has 4 rings (SSSR count). The lowest BCUT2D eigenvalue weighted by molar-refractivity contribution is 0.0951. The van der Waals surface area contributed by atoms with Crippen LogP contribution in [-0.4, -0.2) is 42.2 Å². The van der Waals surface area contributed by atoms with Crippen LogP contribution in [0.3, 0.4) is 0 Å².